The molecule has 28 heavy (non-hydrogen) atoms. The van der Waals surface area contributed by atoms with Crippen LogP contribution in [0, 0.1) is 0 Å². The van der Waals surface area contributed by atoms with Crippen LogP contribution in [0.2, 0.25) is 0 Å². The number of amides is 2. The third kappa shape index (κ3) is 3.49. The van der Waals surface area contributed by atoms with Gasteiger partial charge in [0.25, 0.3) is 0 Å². The van der Waals surface area contributed by atoms with Gasteiger partial charge in [-0.15, -0.1) is 0 Å². The number of hydrogen-bond acceptors (Lipinski definition) is 5. The molecular weight excluding hydrogens is 356 g/mol. The fraction of sp³-hybridized carbons (Fsp3) is 0.429. The van der Waals surface area contributed by atoms with Gasteiger partial charge < -0.3 is 14.5 Å². The molecule has 2 amide bonds. The molecule has 7 nitrogen and oxygen atoms in total. The summed E-state index contributed by atoms with van der Waals surface area (Å²) in [5, 5.41) is 0. The van der Waals surface area contributed by atoms with E-state index in [9.17, 15) is 9.59 Å². The van der Waals surface area contributed by atoms with E-state index in [0.717, 1.165) is 22.4 Å². The molecule has 0 N–H and O–H groups in total. The van der Waals surface area contributed by atoms with E-state index in [-0.39, 0.29) is 11.8 Å². The predicted molar refractivity (Wildman–Crippen MR) is 102 cm³/mol. The normalized spacial score (nSPS) is 18.4. The monoisotopic (exact) mass is 380 g/mol. The van der Waals surface area contributed by atoms with Gasteiger partial charge in [-0.25, -0.2) is 9.97 Å². The summed E-state index contributed by atoms with van der Waals surface area (Å²) < 4.78 is 5.09. The van der Waals surface area contributed by atoms with Gasteiger partial charge in [-0.2, -0.15) is 0 Å². The number of carbonyl (C=O) groups excluding carboxylic acids is 2. The van der Waals surface area contributed by atoms with E-state index >= 15 is 0 Å². The lowest BCUT2D eigenvalue weighted by Crippen LogP contribution is -2.54. The van der Waals surface area contributed by atoms with Crippen molar-refractivity contribution in [3.63, 3.8) is 0 Å². The highest BCUT2D eigenvalue weighted by Crippen LogP contribution is 2.26. The molecule has 3 heterocycles. The highest BCUT2D eigenvalue weighted by atomic mass is 16.5. The van der Waals surface area contributed by atoms with Crippen LogP contribution < -0.4 is 0 Å². The first kappa shape index (κ1) is 18.6. The Morgan fingerprint density at radius 3 is 2.71 bits per heavy atom. The van der Waals surface area contributed by atoms with Gasteiger partial charge in [0, 0.05) is 58.3 Å². The number of benzene rings is 1. The van der Waals surface area contributed by atoms with Crippen LogP contribution in [0.3, 0.4) is 0 Å². The molecule has 0 spiro atoms. The van der Waals surface area contributed by atoms with Crippen molar-refractivity contribution in [3.05, 3.63) is 58.7 Å². The van der Waals surface area contributed by atoms with Gasteiger partial charge >= 0.3 is 0 Å². The number of methoxy groups -OCH3 is 1. The van der Waals surface area contributed by atoms with Crippen molar-refractivity contribution in [2.45, 2.75) is 45.5 Å². The number of fused-ring (bicyclic) bond motifs is 2. The second kappa shape index (κ2) is 7.67. The van der Waals surface area contributed by atoms with Gasteiger partial charge in [0.05, 0.1) is 5.69 Å². The lowest BCUT2D eigenvalue weighted by molar-refractivity contribution is -0.146. The van der Waals surface area contributed by atoms with Gasteiger partial charge in [-0.1, -0.05) is 24.3 Å². The predicted octanol–water partition coefficient (Wildman–Crippen LogP) is 1.48. The van der Waals surface area contributed by atoms with Gasteiger partial charge in [0.15, 0.2) is 5.82 Å². The van der Waals surface area contributed by atoms with E-state index in [1.54, 1.807) is 18.2 Å². The Morgan fingerprint density at radius 2 is 1.96 bits per heavy atom. The highest BCUT2D eigenvalue weighted by Gasteiger charge is 2.36. The standard InChI is InChI=1S/C21H24N4O3/c1-14(26)25-12-16-6-4-3-5-15(16)9-19(25)21(27)24-8-7-18-17(11-24)10-22-20(23-18)13-28-2/h3-6,10,19H,7-9,11-13H2,1-2H3. The molecule has 7 heteroatoms. The average molecular weight is 380 g/mol. The Kier molecular flexibility index (Phi) is 5.09. The first-order valence-electron chi connectivity index (χ1n) is 9.52. The minimum absolute atomic E-state index is 0.00341. The molecule has 1 aromatic carbocycles. The second-order valence-electron chi connectivity index (χ2n) is 7.34. The molecule has 1 atom stereocenters. The number of aromatic nitrogens is 2. The number of nitrogens with zero attached hydrogens (tertiary/aromatic N) is 4. The SMILES string of the molecule is COCc1ncc2c(n1)CCN(C(=O)C1Cc3ccccc3CN1C(C)=O)C2. The summed E-state index contributed by atoms with van der Waals surface area (Å²) in [6.07, 6.45) is 3.03. The maximum Gasteiger partial charge on any atom is 0.246 e. The quantitative estimate of drug-likeness (QED) is 0.806. The Morgan fingerprint density at radius 1 is 1.18 bits per heavy atom. The summed E-state index contributed by atoms with van der Waals surface area (Å²) in [6.45, 7) is 3.47. The van der Waals surface area contributed by atoms with Crippen molar-refractivity contribution >= 4 is 11.8 Å². The van der Waals surface area contributed by atoms with Crippen molar-refractivity contribution in [2.75, 3.05) is 13.7 Å². The van der Waals surface area contributed by atoms with E-state index < -0.39 is 6.04 Å². The third-order valence-corrected chi connectivity index (χ3v) is 5.51. The summed E-state index contributed by atoms with van der Waals surface area (Å²) in [5.74, 6) is 0.585. The van der Waals surface area contributed by atoms with Crippen LogP contribution in [0.1, 0.15) is 35.1 Å². The second-order valence-corrected chi connectivity index (χ2v) is 7.34. The number of ether oxygens (including phenoxy) is 1. The maximum absolute atomic E-state index is 13.3. The van der Waals surface area contributed by atoms with Crippen molar-refractivity contribution < 1.29 is 14.3 Å². The molecule has 0 radical (unpaired) electrons. The van der Waals surface area contributed by atoms with E-state index in [4.69, 9.17) is 4.74 Å². The van der Waals surface area contributed by atoms with Crippen LogP contribution >= 0.6 is 0 Å². The minimum Gasteiger partial charge on any atom is -0.377 e. The summed E-state index contributed by atoms with van der Waals surface area (Å²) >= 11 is 0. The maximum atomic E-state index is 13.3. The summed E-state index contributed by atoms with van der Waals surface area (Å²) in [5.41, 5.74) is 4.20. The number of carbonyl (C=O) groups is 2. The number of hydrogen-bond donors (Lipinski definition) is 0. The lowest BCUT2D eigenvalue weighted by Gasteiger charge is -2.39. The fourth-order valence-corrected chi connectivity index (χ4v) is 4.03. The average Bonchev–Trinajstić information content (AvgIpc) is 2.72. The molecular formula is C21H24N4O3. The zero-order valence-electron chi connectivity index (χ0n) is 16.2. The Labute approximate surface area is 164 Å². The molecule has 2 aliphatic heterocycles. The van der Waals surface area contributed by atoms with Gasteiger partial charge in [0.2, 0.25) is 11.8 Å². The Bertz CT molecular complexity index is 914. The van der Waals surface area contributed by atoms with Gasteiger partial charge in [0.1, 0.15) is 12.6 Å². The zero-order valence-corrected chi connectivity index (χ0v) is 16.2. The molecule has 2 aromatic rings. The van der Waals surface area contributed by atoms with E-state index in [0.29, 0.717) is 44.9 Å². The van der Waals surface area contributed by atoms with Crippen LogP contribution in [0.15, 0.2) is 30.5 Å². The highest BCUT2D eigenvalue weighted by molar-refractivity contribution is 5.88. The molecule has 4 rings (SSSR count). The molecule has 0 fully saturated rings. The molecule has 2 aliphatic rings. The summed E-state index contributed by atoms with van der Waals surface area (Å²) in [4.78, 5) is 37.9. The first-order valence-corrected chi connectivity index (χ1v) is 9.52. The first-order chi connectivity index (χ1) is 13.6. The summed E-state index contributed by atoms with van der Waals surface area (Å²) in [6, 6.07) is 7.57. The largest absolute Gasteiger partial charge is 0.377 e. The van der Waals surface area contributed by atoms with Crippen LogP contribution in [-0.4, -0.2) is 51.3 Å². The molecule has 0 aliphatic carbocycles. The van der Waals surface area contributed by atoms with Crippen LogP contribution in [0.4, 0.5) is 0 Å². The third-order valence-electron chi connectivity index (χ3n) is 5.51. The lowest BCUT2D eigenvalue weighted by atomic mass is 9.92. The van der Waals surface area contributed by atoms with Gasteiger partial charge in [-0.3, -0.25) is 9.59 Å². The van der Waals surface area contributed by atoms with Crippen LogP contribution in [0.5, 0.6) is 0 Å². The number of rotatable bonds is 3. The van der Waals surface area contributed by atoms with Crippen LogP contribution in [-0.2, 0) is 46.9 Å². The van der Waals surface area contributed by atoms with Crippen molar-refractivity contribution in [2.24, 2.45) is 0 Å². The topological polar surface area (TPSA) is 75.6 Å². The Balaban J connectivity index is 1.54. The molecule has 0 bridgehead atoms. The zero-order chi connectivity index (χ0) is 19.7. The van der Waals surface area contributed by atoms with Crippen molar-refractivity contribution in [1.29, 1.82) is 0 Å². The smallest absolute Gasteiger partial charge is 0.246 e. The molecule has 0 saturated carbocycles. The van der Waals surface area contributed by atoms with Crippen LogP contribution in [0.25, 0.3) is 0 Å². The Hall–Kier alpha value is -2.80. The van der Waals surface area contributed by atoms with E-state index in [1.807, 2.05) is 29.2 Å². The summed E-state index contributed by atoms with van der Waals surface area (Å²) in [7, 11) is 1.62. The molecule has 1 unspecified atom stereocenters. The van der Waals surface area contributed by atoms with Crippen molar-refractivity contribution in [1.82, 2.24) is 19.8 Å². The molecule has 1 aromatic heterocycles. The molecule has 146 valence electrons. The molecule has 0 saturated heterocycles. The van der Waals surface area contributed by atoms with Crippen molar-refractivity contribution in [3.8, 4) is 0 Å². The fourth-order valence-electron chi connectivity index (χ4n) is 4.03. The van der Waals surface area contributed by atoms with E-state index in [1.165, 1.54) is 6.92 Å². The van der Waals surface area contributed by atoms with E-state index in [2.05, 4.69) is 9.97 Å². The van der Waals surface area contributed by atoms with Gasteiger partial charge in [-0.05, 0) is 11.1 Å². The minimum atomic E-state index is -0.456.